The maximum Gasteiger partial charge on any atom is 0.197 e. The molecule has 3 N–H and O–H groups in total. The zero-order chi connectivity index (χ0) is 14.1. The van der Waals surface area contributed by atoms with Gasteiger partial charge < -0.3 is 10.8 Å². The van der Waals surface area contributed by atoms with Crippen molar-refractivity contribution in [3.8, 4) is 5.75 Å². The summed E-state index contributed by atoms with van der Waals surface area (Å²) in [7, 11) is 0. The van der Waals surface area contributed by atoms with E-state index in [4.69, 9.17) is 5.73 Å². The summed E-state index contributed by atoms with van der Waals surface area (Å²) in [6.45, 7) is 0. The first-order valence-corrected chi connectivity index (χ1v) is 6.28. The van der Waals surface area contributed by atoms with Crippen molar-refractivity contribution < 1.29 is 9.90 Å². The van der Waals surface area contributed by atoms with E-state index in [9.17, 15) is 9.90 Å². The molecule has 0 spiro atoms. The number of rotatable bonds is 2. The van der Waals surface area contributed by atoms with Crippen molar-refractivity contribution in [3.05, 3.63) is 71.8 Å². The van der Waals surface area contributed by atoms with Gasteiger partial charge in [0.05, 0.1) is 5.56 Å². The van der Waals surface area contributed by atoms with Crippen molar-refractivity contribution >= 4 is 22.2 Å². The summed E-state index contributed by atoms with van der Waals surface area (Å²) in [5.74, 6) is -0.240. The van der Waals surface area contributed by atoms with Crippen LogP contribution in [0.3, 0.4) is 0 Å². The van der Waals surface area contributed by atoms with Gasteiger partial charge in [0.15, 0.2) is 5.78 Å². The van der Waals surface area contributed by atoms with Crippen LogP contribution in [0.25, 0.3) is 10.8 Å². The monoisotopic (exact) mass is 263 g/mol. The highest BCUT2D eigenvalue weighted by Gasteiger charge is 2.17. The Hall–Kier alpha value is -2.81. The lowest BCUT2D eigenvalue weighted by Crippen LogP contribution is -2.03. The van der Waals surface area contributed by atoms with Gasteiger partial charge in [-0.1, -0.05) is 42.5 Å². The van der Waals surface area contributed by atoms with Crippen LogP contribution in [0.15, 0.2) is 60.7 Å². The minimum atomic E-state index is -0.209. The summed E-state index contributed by atoms with van der Waals surface area (Å²) < 4.78 is 0. The fourth-order valence-electron chi connectivity index (χ4n) is 2.34. The van der Waals surface area contributed by atoms with Crippen LogP contribution in [0.5, 0.6) is 5.75 Å². The molecule has 0 saturated heterocycles. The number of phenols is 1. The Bertz CT molecular complexity index is 795. The first-order chi connectivity index (χ1) is 9.68. The standard InChI is InChI=1S/C17H13NO2/c18-14-8-4-7-13-12(14)9-10-15(19)16(13)17(20)11-5-2-1-3-6-11/h1-10,19H,18H2. The highest BCUT2D eigenvalue weighted by molar-refractivity contribution is 6.19. The number of phenolic OH excluding ortho intramolecular Hbond substituents is 1. The molecule has 0 aliphatic rings. The number of fused-ring (bicyclic) bond motifs is 1. The lowest BCUT2D eigenvalue weighted by atomic mass is 9.95. The smallest absolute Gasteiger partial charge is 0.197 e. The molecule has 0 amide bonds. The quantitative estimate of drug-likeness (QED) is 0.550. The van der Waals surface area contributed by atoms with E-state index in [1.807, 2.05) is 6.07 Å². The van der Waals surface area contributed by atoms with Crippen LogP contribution in [-0.2, 0) is 0 Å². The summed E-state index contributed by atoms with van der Waals surface area (Å²) in [5, 5.41) is 11.5. The molecule has 0 unspecified atom stereocenters. The van der Waals surface area contributed by atoms with E-state index in [1.54, 1.807) is 48.5 Å². The Labute approximate surface area is 116 Å². The molecule has 3 rings (SSSR count). The molecule has 98 valence electrons. The number of benzene rings is 3. The Morgan fingerprint density at radius 1 is 0.850 bits per heavy atom. The Morgan fingerprint density at radius 2 is 1.60 bits per heavy atom. The van der Waals surface area contributed by atoms with E-state index in [0.29, 0.717) is 22.2 Å². The second-order valence-corrected chi connectivity index (χ2v) is 4.60. The van der Waals surface area contributed by atoms with Gasteiger partial charge in [0, 0.05) is 16.6 Å². The summed E-state index contributed by atoms with van der Waals surface area (Å²) in [6, 6.07) is 17.5. The maximum atomic E-state index is 12.6. The third-order valence-electron chi connectivity index (χ3n) is 3.34. The molecule has 20 heavy (non-hydrogen) atoms. The minimum absolute atomic E-state index is 0.0306. The second kappa shape index (κ2) is 4.70. The molecule has 0 radical (unpaired) electrons. The van der Waals surface area contributed by atoms with Crippen molar-refractivity contribution in [3.63, 3.8) is 0 Å². The van der Waals surface area contributed by atoms with Gasteiger partial charge in [0.2, 0.25) is 0 Å². The Kier molecular flexibility index (Phi) is 2.88. The molecule has 0 atom stereocenters. The molecule has 0 aromatic heterocycles. The number of ketones is 1. The van der Waals surface area contributed by atoms with Crippen LogP contribution in [0, 0.1) is 0 Å². The number of nitrogen functional groups attached to an aromatic ring is 1. The van der Waals surface area contributed by atoms with Gasteiger partial charge >= 0.3 is 0 Å². The third-order valence-corrected chi connectivity index (χ3v) is 3.34. The number of hydrogen-bond donors (Lipinski definition) is 2. The molecule has 0 fully saturated rings. The first-order valence-electron chi connectivity index (χ1n) is 6.28. The molecule has 0 aliphatic heterocycles. The molecule has 0 saturated carbocycles. The normalized spacial score (nSPS) is 10.6. The average Bonchev–Trinajstić information content (AvgIpc) is 2.48. The maximum absolute atomic E-state index is 12.6. The van der Waals surface area contributed by atoms with Crippen LogP contribution in [0.4, 0.5) is 5.69 Å². The van der Waals surface area contributed by atoms with E-state index >= 15 is 0 Å². The number of hydrogen-bond acceptors (Lipinski definition) is 3. The van der Waals surface area contributed by atoms with Crippen LogP contribution in [-0.4, -0.2) is 10.9 Å². The highest BCUT2D eigenvalue weighted by Crippen LogP contribution is 2.32. The molecule has 3 aromatic carbocycles. The lowest BCUT2D eigenvalue weighted by molar-refractivity contribution is 0.103. The van der Waals surface area contributed by atoms with E-state index < -0.39 is 0 Å². The zero-order valence-corrected chi connectivity index (χ0v) is 10.7. The third kappa shape index (κ3) is 1.89. The van der Waals surface area contributed by atoms with Crippen LogP contribution in [0.1, 0.15) is 15.9 Å². The van der Waals surface area contributed by atoms with Crippen molar-refractivity contribution in [2.24, 2.45) is 0 Å². The zero-order valence-electron chi connectivity index (χ0n) is 10.7. The van der Waals surface area contributed by atoms with E-state index in [0.717, 1.165) is 5.39 Å². The number of aromatic hydroxyl groups is 1. The number of nitrogens with two attached hydrogens (primary N) is 1. The van der Waals surface area contributed by atoms with Gasteiger partial charge in [-0.2, -0.15) is 0 Å². The molecule has 0 heterocycles. The Morgan fingerprint density at radius 3 is 2.35 bits per heavy atom. The van der Waals surface area contributed by atoms with Gasteiger partial charge in [-0.25, -0.2) is 0 Å². The molecule has 0 aliphatic carbocycles. The largest absolute Gasteiger partial charge is 0.507 e. The number of carbonyl (C=O) groups is 1. The molecular formula is C17H13NO2. The van der Waals surface area contributed by atoms with Gasteiger partial charge in [-0.05, 0) is 23.6 Å². The molecule has 0 bridgehead atoms. The molecule has 3 nitrogen and oxygen atoms in total. The molecule has 3 heteroatoms. The predicted octanol–water partition coefficient (Wildman–Crippen LogP) is 3.36. The van der Waals surface area contributed by atoms with Gasteiger partial charge in [-0.3, -0.25) is 4.79 Å². The molecule has 3 aromatic rings. The summed E-state index contributed by atoms with van der Waals surface area (Å²) in [5.41, 5.74) is 7.34. The van der Waals surface area contributed by atoms with Crippen molar-refractivity contribution in [2.45, 2.75) is 0 Å². The van der Waals surface area contributed by atoms with Gasteiger partial charge in [0.25, 0.3) is 0 Å². The van der Waals surface area contributed by atoms with Gasteiger partial charge in [-0.15, -0.1) is 0 Å². The van der Waals surface area contributed by atoms with Crippen molar-refractivity contribution in [1.82, 2.24) is 0 Å². The van der Waals surface area contributed by atoms with E-state index in [-0.39, 0.29) is 11.5 Å². The van der Waals surface area contributed by atoms with Crippen LogP contribution in [0.2, 0.25) is 0 Å². The predicted molar refractivity (Wildman–Crippen MR) is 79.9 cm³/mol. The SMILES string of the molecule is Nc1cccc2c(C(=O)c3ccccc3)c(O)ccc12. The fraction of sp³-hybridized carbons (Fsp3) is 0. The van der Waals surface area contributed by atoms with Gasteiger partial charge in [0.1, 0.15) is 5.75 Å². The topological polar surface area (TPSA) is 63.3 Å². The lowest BCUT2D eigenvalue weighted by Gasteiger charge is -2.10. The second-order valence-electron chi connectivity index (χ2n) is 4.60. The van der Waals surface area contributed by atoms with Crippen molar-refractivity contribution in [1.29, 1.82) is 0 Å². The minimum Gasteiger partial charge on any atom is -0.507 e. The van der Waals surface area contributed by atoms with E-state index in [2.05, 4.69) is 0 Å². The molecular weight excluding hydrogens is 250 g/mol. The van der Waals surface area contributed by atoms with Crippen LogP contribution >= 0.6 is 0 Å². The fourth-order valence-corrected chi connectivity index (χ4v) is 2.34. The highest BCUT2D eigenvalue weighted by atomic mass is 16.3. The number of carbonyl (C=O) groups excluding carboxylic acids is 1. The summed E-state index contributed by atoms with van der Waals surface area (Å²) in [6.07, 6.45) is 0. The Balaban J connectivity index is 2.28. The first kappa shape index (κ1) is 12.2. The van der Waals surface area contributed by atoms with Crippen LogP contribution < -0.4 is 5.73 Å². The van der Waals surface area contributed by atoms with E-state index in [1.165, 1.54) is 6.07 Å². The summed E-state index contributed by atoms with van der Waals surface area (Å²) in [4.78, 5) is 12.6. The average molecular weight is 263 g/mol. The van der Waals surface area contributed by atoms with Crippen molar-refractivity contribution in [2.75, 3.05) is 5.73 Å². The summed E-state index contributed by atoms with van der Waals surface area (Å²) >= 11 is 0. The number of anilines is 1.